The van der Waals surface area contributed by atoms with E-state index in [0.717, 1.165) is 25.7 Å². The molecule has 108 valence electrons. The van der Waals surface area contributed by atoms with E-state index in [1.165, 1.54) is 6.26 Å². The fraction of sp³-hybridized carbons (Fsp3) is 0.571. The van der Waals surface area contributed by atoms with Crippen molar-refractivity contribution in [3.63, 3.8) is 0 Å². The van der Waals surface area contributed by atoms with Crippen LogP contribution >= 0.6 is 0 Å². The summed E-state index contributed by atoms with van der Waals surface area (Å²) in [5, 5.41) is 5.88. The van der Waals surface area contributed by atoms with E-state index < -0.39 is 0 Å². The summed E-state index contributed by atoms with van der Waals surface area (Å²) in [6, 6.07) is 3.83. The van der Waals surface area contributed by atoms with E-state index in [-0.39, 0.29) is 18.0 Å². The van der Waals surface area contributed by atoms with Gasteiger partial charge in [0, 0.05) is 25.2 Å². The van der Waals surface area contributed by atoms with E-state index in [1.54, 1.807) is 17.0 Å². The smallest absolute Gasteiger partial charge is 0.315 e. The Labute approximate surface area is 117 Å². The second-order valence-corrected chi connectivity index (χ2v) is 5.44. The highest BCUT2D eigenvalue weighted by Gasteiger charge is 2.27. The molecule has 2 fully saturated rings. The standard InChI is InChI=1S/C14H19N3O3/c18-13(12-2-1-9-20-12)17-7-5-11(6-8-17)16-14(19)15-10-3-4-10/h1-2,9-11H,3-8H2,(H2,15,16,19). The number of hydrogen-bond acceptors (Lipinski definition) is 3. The number of piperidine rings is 1. The molecule has 1 aromatic heterocycles. The first kappa shape index (κ1) is 13.0. The fourth-order valence-corrected chi connectivity index (χ4v) is 2.42. The number of amides is 3. The maximum Gasteiger partial charge on any atom is 0.315 e. The lowest BCUT2D eigenvalue weighted by atomic mass is 10.1. The Morgan fingerprint density at radius 2 is 1.75 bits per heavy atom. The average molecular weight is 277 g/mol. The van der Waals surface area contributed by atoms with Gasteiger partial charge in [-0.3, -0.25) is 4.79 Å². The molecule has 2 aliphatic rings. The van der Waals surface area contributed by atoms with Gasteiger partial charge in [0.1, 0.15) is 0 Å². The zero-order chi connectivity index (χ0) is 13.9. The normalized spacial score (nSPS) is 19.7. The minimum Gasteiger partial charge on any atom is -0.459 e. The summed E-state index contributed by atoms with van der Waals surface area (Å²) >= 11 is 0. The lowest BCUT2D eigenvalue weighted by Gasteiger charge is -2.31. The molecule has 0 unspecified atom stereocenters. The molecule has 3 rings (SSSR count). The SMILES string of the molecule is O=C(NC1CC1)NC1CCN(C(=O)c2ccco2)CC1. The van der Waals surface area contributed by atoms with E-state index in [2.05, 4.69) is 10.6 Å². The predicted octanol–water partition coefficient (Wildman–Crippen LogP) is 1.35. The van der Waals surface area contributed by atoms with Crippen molar-refractivity contribution in [3.8, 4) is 0 Å². The summed E-state index contributed by atoms with van der Waals surface area (Å²) < 4.78 is 5.12. The molecule has 0 bridgehead atoms. The Kier molecular flexibility index (Phi) is 3.62. The molecule has 1 saturated heterocycles. The van der Waals surface area contributed by atoms with Crippen molar-refractivity contribution in [1.82, 2.24) is 15.5 Å². The minimum atomic E-state index is -0.0803. The molecule has 0 spiro atoms. The molecule has 0 radical (unpaired) electrons. The number of urea groups is 1. The summed E-state index contributed by atoms with van der Waals surface area (Å²) in [5.41, 5.74) is 0. The average Bonchev–Trinajstić information content (AvgIpc) is 3.08. The fourth-order valence-electron chi connectivity index (χ4n) is 2.42. The van der Waals surface area contributed by atoms with Crippen molar-refractivity contribution in [1.29, 1.82) is 0 Å². The summed E-state index contributed by atoms with van der Waals surface area (Å²) in [6.07, 6.45) is 5.24. The van der Waals surface area contributed by atoms with Gasteiger partial charge in [-0.05, 0) is 37.8 Å². The van der Waals surface area contributed by atoms with Crippen LogP contribution < -0.4 is 10.6 Å². The molecule has 0 aromatic carbocycles. The van der Waals surface area contributed by atoms with Gasteiger partial charge in [0.15, 0.2) is 5.76 Å². The maximum atomic E-state index is 12.1. The van der Waals surface area contributed by atoms with Crippen LogP contribution in [0.4, 0.5) is 4.79 Å². The third-order valence-electron chi connectivity index (χ3n) is 3.76. The van der Waals surface area contributed by atoms with Crippen LogP contribution in [0.1, 0.15) is 36.2 Å². The zero-order valence-electron chi connectivity index (χ0n) is 11.3. The first-order valence-corrected chi connectivity index (χ1v) is 7.12. The summed E-state index contributed by atoms with van der Waals surface area (Å²) in [6.45, 7) is 1.29. The largest absolute Gasteiger partial charge is 0.459 e. The van der Waals surface area contributed by atoms with Crippen LogP contribution in [0.2, 0.25) is 0 Å². The van der Waals surface area contributed by atoms with Crippen LogP contribution in [-0.2, 0) is 0 Å². The van der Waals surface area contributed by atoms with E-state index in [0.29, 0.717) is 24.9 Å². The van der Waals surface area contributed by atoms with Crippen molar-refractivity contribution >= 4 is 11.9 Å². The van der Waals surface area contributed by atoms with Gasteiger partial charge in [-0.15, -0.1) is 0 Å². The first-order chi connectivity index (χ1) is 9.72. The van der Waals surface area contributed by atoms with Gasteiger partial charge in [-0.1, -0.05) is 0 Å². The zero-order valence-corrected chi connectivity index (χ0v) is 11.3. The molecule has 2 heterocycles. The minimum absolute atomic E-state index is 0.0733. The molecule has 1 saturated carbocycles. The lowest BCUT2D eigenvalue weighted by Crippen LogP contribution is -2.49. The highest BCUT2D eigenvalue weighted by atomic mass is 16.3. The van der Waals surface area contributed by atoms with E-state index in [9.17, 15) is 9.59 Å². The molecule has 20 heavy (non-hydrogen) atoms. The second kappa shape index (κ2) is 5.56. The lowest BCUT2D eigenvalue weighted by molar-refractivity contribution is 0.0676. The molecule has 6 heteroatoms. The summed E-state index contributed by atoms with van der Waals surface area (Å²) in [7, 11) is 0. The molecule has 6 nitrogen and oxygen atoms in total. The molecular weight excluding hydrogens is 258 g/mol. The van der Waals surface area contributed by atoms with Crippen molar-refractivity contribution < 1.29 is 14.0 Å². The molecule has 1 aliphatic heterocycles. The van der Waals surface area contributed by atoms with Crippen LogP contribution in [0, 0.1) is 0 Å². The predicted molar refractivity (Wildman–Crippen MR) is 72.3 cm³/mol. The van der Waals surface area contributed by atoms with Crippen molar-refractivity contribution in [2.45, 2.75) is 37.8 Å². The number of hydrogen-bond donors (Lipinski definition) is 2. The Balaban J connectivity index is 1.44. The Morgan fingerprint density at radius 1 is 1.10 bits per heavy atom. The quantitative estimate of drug-likeness (QED) is 0.875. The molecular formula is C14H19N3O3. The van der Waals surface area contributed by atoms with E-state index in [4.69, 9.17) is 4.42 Å². The number of nitrogens with one attached hydrogen (secondary N) is 2. The number of likely N-dealkylation sites (tertiary alicyclic amines) is 1. The summed E-state index contributed by atoms with van der Waals surface area (Å²) in [4.78, 5) is 25.5. The Bertz CT molecular complexity index is 474. The van der Waals surface area contributed by atoms with Crippen molar-refractivity contribution in [2.75, 3.05) is 13.1 Å². The Morgan fingerprint density at radius 3 is 2.30 bits per heavy atom. The monoisotopic (exact) mass is 277 g/mol. The van der Waals surface area contributed by atoms with Crippen LogP contribution in [0.5, 0.6) is 0 Å². The van der Waals surface area contributed by atoms with Gasteiger partial charge in [-0.25, -0.2) is 4.79 Å². The first-order valence-electron chi connectivity index (χ1n) is 7.12. The van der Waals surface area contributed by atoms with E-state index >= 15 is 0 Å². The number of carbonyl (C=O) groups is 2. The van der Waals surface area contributed by atoms with Gasteiger partial charge in [0.05, 0.1) is 6.26 Å². The summed E-state index contributed by atoms with van der Waals surface area (Å²) in [5.74, 6) is 0.304. The van der Waals surface area contributed by atoms with Gasteiger partial charge < -0.3 is 20.0 Å². The maximum absolute atomic E-state index is 12.1. The van der Waals surface area contributed by atoms with Crippen molar-refractivity contribution in [3.05, 3.63) is 24.2 Å². The highest BCUT2D eigenvalue weighted by Crippen LogP contribution is 2.19. The number of rotatable bonds is 3. The highest BCUT2D eigenvalue weighted by molar-refractivity contribution is 5.91. The van der Waals surface area contributed by atoms with Crippen LogP contribution in [-0.4, -0.2) is 42.0 Å². The molecule has 1 aromatic rings. The number of furan rings is 1. The second-order valence-electron chi connectivity index (χ2n) is 5.44. The molecule has 0 atom stereocenters. The molecule has 3 amide bonds. The van der Waals surface area contributed by atoms with Crippen LogP contribution in [0.3, 0.4) is 0 Å². The molecule has 2 N–H and O–H groups in total. The molecule has 1 aliphatic carbocycles. The third-order valence-corrected chi connectivity index (χ3v) is 3.76. The van der Waals surface area contributed by atoms with Gasteiger partial charge in [0.25, 0.3) is 5.91 Å². The van der Waals surface area contributed by atoms with Gasteiger partial charge in [-0.2, -0.15) is 0 Å². The van der Waals surface area contributed by atoms with Crippen LogP contribution in [0.25, 0.3) is 0 Å². The Hall–Kier alpha value is -1.98. The van der Waals surface area contributed by atoms with Crippen LogP contribution in [0.15, 0.2) is 22.8 Å². The third kappa shape index (κ3) is 3.12. The van der Waals surface area contributed by atoms with E-state index in [1.807, 2.05) is 0 Å². The number of nitrogens with zero attached hydrogens (tertiary/aromatic N) is 1. The van der Waals surface area contributed by atoms with Crippen molar-refractivity contribution in [2.24, 2.45) is 0 Å². The van der Waals surface area contributed by atoms with Gasteiger partial charge >= 0.3 is 6.03 Å². The van der Waals surface area contributed by atoms with Gasteiger partial charge in [0.2, 0.25) is 0 Å². The number of carbonyl (C=O) groups excluding carboxylic acids is 2. The topological polar surface area (TPSA) is 74.6 Å².